The monoisotopic (exact) mass is 434 g/mol. The molecule has 6 heteroatoms. The van der Waals surface area contributed by atoms with Gasteiger partial charge in [0.25, 0.3) is 0 Å². The summed E-state index contributed by atoms with van der Waals surface area (Å²) in [4.78, 5) is 14.4. The van der Waals surface area contributed by atoms with E-state index in [-0.39, 0.29) is 0 Å². The Kier molecular flexibility index (Phi) is 4.80. The number of fused-ring (bicyclic) bond motifs is 2. The second-order valence-electron chi connectivity index (χ2n) is 8.74. The van der Waals surface area contributed by atoms with Gasteiger partial charge in [0.15, 0.2) is 0 Å². The molecule has 0 amide bonds. The Bertz CT molecular complexity index is 1450. The second-order valence-corrected chi connectivity index (χ2v) is 8.74. The zero-order chi connectivity index (χ0) is 22.4. The molecule has 0 atom stereocenters. The number of anilines is 1. The van der Waals surface area contributed by atoms with Crippen LogP contribution in [0.25, 0.3) is 38.9 Å². The van der Waals surface area contributed by atoms with Crippen molar-refractivity contribution in [2.24, 2.45) is 0 Å². The van der Waals surface area contributed by atoms with Crippen LogP contribution in [0.2, 0.25) is 0 Å². The molecule has 0 radical (unpaired) electrons. The van der Waals surface area contributed by atoms with Gasteiger partial charge in [-0.1, -0.05) is 55.5 Å². The minimum Gasteiger partial charge on any atom is -0.382 e. The Hall–Kier alpha value is -3.77. The zero-order valence-corrected chi connectivity index (χ0v) is 18.6. The third-order valence-corrected chi connectivity index (χ3v) is 6.64. The molecular weight excluding hydrogens is 408 g/mol. The number of benzene rings is 2. The highest BCUT2D eigenvalue weighted by Gasteiger charge is 2.33. The van der Waals surface area contributed by atoms with E-state index in [2.05, 4.69) is 64.1 Å². The first-order chi connectivity index (χ1) is 16.2. The van der Waals surface area contributed by atoms with Gasteiger partial charge in [0.1, 0.15) is 22.9 Å². The van der Waals surface area contributed by atoms with E-state index in [0.717, 1.165) is 64.1 Å². The lowest BCUT2D eigenvalue weighted by atomic mass is 9.79. The van der Waals surface area contributed by atoms with Crippen molar-refractivity contribution in [1.82, 2.24) is 24.7 Å². The van der Waals surface area contributed by atoms with Crippen molar-refractivity contribution >= 4 is 22.2 Å². The molecule has 0 aliphatic heterocycles. The molecule has 3 N–H and O–H groups in total. The highest BCUT2D eigenvalue weighted by atomic mass is 15.1. The summed E-state index contributed by atoms with van der Waals surface area (Å²) in [5.74, 6) is 1.98. The molecule has 6 nitrogen and oxygen atoms in total. The SMILES string of the molecule is CCNC1CC(c2nc(-c3ccc4ccc(-c5ccccc5)nc4c3)c3c(N)nccn23)C1. The van der Waals surface area contributed by atoms with Crippen LogP contribution in [0.3, 0.4) is 0 Å². The van der Waals surface area contributed by atoms with Crippen molar-refractivity contribution in [3.63, 3.8) is 0 Å². The van der Waals surface area contributed by atoms with E-state index < -0.39 is 0 Å². The predicted molar refractivity (Wildman–Crippen MR) is 133 cm³/mol. The predicted octanol–water partition coefficient (Wildman–Crippen LogP) is 5.05. The van der Waals surface area contributed by atoms with Crippen LogP contribution in [0.4, 0.5) is 5.82 Å². The van der Waals surface area contributed by atoms with Crippen LogP contribution in [-0.2, 0) is 0 Å². The summed E-state index contributed by atoms with van der Waals surface area (Å²) in [6.45, 7) is 3.15. The first-order valence-electron chi connectivity index (χ1n) is 11.5. The number of aromatic nitrogens is 4. The lowest BCUT2D eigenvalue weighted by Crippen LogP contribution is -2.40. The summed E-state index contributed by atoms with van der Waals surface area (Å²) in [6, 6.07) is 21.3. The van der Waals surface area contributed by atoms with Crippen LogP contribution in [-0.4, -0.2) is 31.9 Å². The summed E-state index contributed by atoms with van der Waals surface area (Å²) in [5.41, 5.74) is 12.1. The standard InChI is InChI=1S/C27H26N6/c1-2-29-21-14-20(15-21)27-32-24(25-26(28)30-12-13-33(25)27)19-9-8-18-10-11-22(31-23(18)16-19)17-6-4-3-5-7-17/h3-13,16,20-21,29H,2,14-15H2,1H3,(H2,28,30). The van der Waals surface area contributed by atoms with Crippen molar-refractivity contribution in [2.75, 3.05) is 12.3 Å². The molecule has 5 aromatic rings. The third-order valence-electron chi connectivity index (χ3n) is 6.64. The molecule has 0 unspecified atom stereocenters. The highest BCUT2D eigenvalue weighted by Crippen LogP contribution is 2.40. The van der Waals surface area contributed by atoms with E-state index in [1.165, 1.54) is 0 Å². The second kappa shape index (κ2) is 7.98. The minimum absolute atomic E-state index is 0.417. The van der Waals surface area contributed by atoms with E-state index in [4.69, 9.17) is 15.7 Å². The fourth-order valence-electron chi connectivity index (χ4n) is 4.89. The van der Waals surface area contributed by atoms with Crippen molar-refractivity contribution in [1.29, 1.82) is 0 Å². The summed E-state index contributed by atoms with van der Waals surface area (Å²) >= 11 is 0. The van der Waals surface area contributed by atoms with Crippen LogP contribution >= 0.6 is 0 Å². The number of imidazole rings is 1. The number of rotatable bonds is 5. The Morgan fingerprint density at radius 3 is 2.64 bits per heavy atom. The number of nitrogens with two attached hydrogens (primary N) is 1. The topological polar surface area (TPSA) is 81.1 Å². The van der Waals surface area contributed by atoms with Gasteiger partial charge in [-0.25, -0.2) is 15.0 Å². The van der Waals surface area contributed by atoms with E-state index >= 15 is 0 Å². The Morgan fingerprint density at radius 1 is 1.00 bits per heavy atom. The number of nitrogens with zero attached hydrogens (tertiary/aromatic N) is 4. The van der Waals surface area contributed by atoms with E-state index in [0.29, 0.717) is 17.8 Å². The normalized spacial score (nSPS) is 18.0. The highest BCUT2D eigenvalue weighted by molar-refractivity contribution is 5.91. The molecule has 0 bridgehead atoms. The maximum Gasteiger partial charge on any atom is 0.150 e. The largest absolute Gasteiger partial charge is 0.382 e. The van der Waals surface area contributed by atoms with Gasteiger partial charge >= 0.3 is 0 Å². The summed E-state index contributed by atoms with van der Waals surface area (Å²) in [6.07, 6.45) is 5.92. The van der Waals surface area contributed by atoms with Gasteiger partial charge in [-0.3, -0.25) is 4.40 Å². The van der Waals surface area contributed by atoms with Crippen LogP contribution < -0.4 is 11.1 Å². The molecule has 1 aliphatic carbocycles. The summed E-state index contributed by atoms with van der Waals surface area (Å²) in [7, 11) is 0. The van der Waals surface area contributed by atoms with Gasteiger partial charge in [0.2, 0.25) is 0 Å². The maximum atomic E-state index is 6.36. The van der Waals surface area contributed by atoms with E-state index in [9.17, 15) is 0 Å². The summed E-state index contributed by atoms with van der Waals surface area (Å²) in [5, 5.41) is 4.63. The molecule has 1 aliphatic rings. The number of nitrogen functional groups attached to an aromatic ring is 1. The number of nitrogens with one attached hydrogen (secondary N) is 1. The van der Waals surface area contributed by atoms with Gasteiger partial charge in [0, 0.05) is 40.9 Å². The molecule has 0 spiro atoms. The van der Waals surface area contributed by atoms with Gasteiger partial charge in [-0.05, 0) is 31.5 Å². The Labute approximate surface area is 192 Å². The fraction of sp³-hybridized carbons (Fsp3) is 0.222. The molecule has 0 saturated heterocycles. The number of pyridine rings is 1. The van der Waals surface area contributed by atoms with Gasteiger partial charge in [-0.2, -0.15) is 0 Å². The molecule has 2 aromatic carbocycles. The van der Waals surface area contributed by atoms with Crippen LogP contribution in [0.5, 0.6) is 0 Å². The Morgan fingerprint density at radius 2 is 1.82 bits per heavy atom. The molecule has 1 fully saturated rings. The molecule has 1 saturated carbocycles. The quantitative estimate of drug-likeness (QED) is 0.405. The van der Waals surface area contributed by atoms with Gasteiger partial charge in [0.05, 0.1) is 11.2 Å². The van der Waals surface area contributed by atoms with Crippen LogP contribution in [0.15, 0.2) is 73.1 Å². The first kappa shape index (κ1) is 19.9. The van der Waals surface area contributed by atoms with Gasteiger partial charge < -0.3 is 11.1 Å². The Balaban J connectivity index is 1.45. The average molecular weight is 435 g/mol. The number of hydrogen-bond acceptors (Lipinski definition) is 5. The molecule has 6 rings (SSSR count). The van der Waals surface area contributed by atoms with Crippen molar-refractivity contribution < 1.29 is 0 Å². The maximum absolute atomic E-state index is 6.36. The van der Waals surface area contributed by atoms with Crippen LogP contribution in [0.1, 0.15) is 31.5 Å². The summed E-state index contributed by atoms with van der Waals surface area (Å²) < 4.78 is 2.13. The molecule has 164 valence electrons. The lowest BCUT2D eigenvalue weighted by Gasteiger charge is -2.34. The number of hydrogen-bond donors (Lipinski definition) is 2. The van der Waals surface area contributed by atoms with E-state index in [1.807, 2.05) is 24.4 Å². The molecule has 33 heavy (non-hydrogen) atoms. The molecule has 3 aromatic heterocycles. The average Bonchev–Trinajstić information content (AvgIpc) is 3.21. The lowest BCUT2D eigenvalue weighted by molar-refractivity contribution is 0.286. The third kappa shape index (κ3) is 3.43. The van der Waals surface area contributed by atoms with E-state index in [1.54, 1.807) is 6.20 Å². The fourth-order valence-corrected chi connectivity index (χ4v) is 4.89. The van der Waals surface area contributed by atoms with Crippen LogP contribution in [0, 0.1) is 0 Å². The smallest absolute Gasteiger partial charge is 0.150 e. The first-order valence-corrected chi connectivity index (χ1v) is 11.5. The van der Waals surface area contributed by atoms with Crippen molar-refractivity contribution in [2.45, 2.75) is 31.7 Å². The van der Waals surface area contributed by atoms with Crippen molar-refractivity contribution in [3.8, 4) is 22.5 Å². The zero-order valence-electron chi connectivity index (χ0n) is 18.6. The van der Waals surface area contributed by atoms with Crippen molar-refractivity contribution in [3.05, 3.63) is 78.9 Å². The molecular formula is C27H26N6. The minimum atomic E-state index is 0.417. The molecule has 3 heterocycles. The van der Waals surface area contributed by atoms with Gasteiger partial charge in [-0.15, -0.1) is 0 Å².